The van der Waals surface area contributed by atoms with E-state index in [0.29, 0.717) is 13.2 Å². The van der Waals surface area contributed by atoms with Crippen LogP contribution in [0.3, 0.4) is 0 Å². The molecule has 0 aromatic heterocycles. The summed E-state index contributed by atoms with van der Waals surface area (Å²) < 4.78 is 5.10. The second-order valence-electron chi connectivity index (χ2n) is 6.51. The minimum Gasteiger partial charge on any atom is -0.383 e. The van der Waals surface area contributed by atoms with Crippen LogP contribution in [0.4, 0.5) is 5.69 Å². The van der Waals surface area contributed by atoms with Crippen LogP contribution in [0.25, 0.3) is 0 Å². The Labute approximate surface area is 138 Å². The average molecular weight is 318 g/mol. The zero-order valence-corrected chi connectivity index (χ0v) is 14.6. The van der Waals surface area contributed by atoms with Gasteiger partial charge in [-0.05, 0) is 38.8 Å². The van der Waals surface area contributed by atoms with Crippen LogP contribution in [0.1, 0.15) is 30.0 Å². The highest BCUT2D eigenvalue weighted by Crippen LogP contribution is 2.26. The third-order valence-corrected chi connectivity index (χ3v) is 4.39. The Morgan fingerprint density at radius 1 is 1.35 bits per heavy atom. The van der Waals surface area contributed by atoms with E-state index in [0.717, 1.165) is 16.8 Å². The van der Waals surface area contributed by atoms with Gasteiger partial charge < -0.3 is 15.0 Å². The topological polar surface area (TPSA) is 58.6 Å². The zero-order chi connectivity index (χ0) is 17.1. The highest BCUT2D eigenvalue weighted by molar-refractivity contribution is 5.98. The minimum atomic E-state index is -0.304. The van der Waals surface area contributed by atoms with Crippen LogP contribution in [0.2, 0.25) is 0 Å². The molecule has 1 aliphatic rings. The lowest BCUT2D eigenvalue weighted by Gasteiger charge is -2.24. The van der Waals surface area contributed by atoms with Crippen molar-refractivity contribution in [2.24, 2.45) is 5.92 Å². The Kier molecular flexibility index (Phi) is 5.42. The van der Waals surface area contributed by atoms with Crippen molar-refractivity contribution in [3.63, 3.8) is 0 Å². The summed E-state index contributed by atoms with van der Waals surface area (Å²) in [4.78, 5) is 26.4. The van der Waals surface area contributed by atoms with Gasteiger partial charge in [0.25, 0.3) is 0 Å². The van der Waals surface area contributed by atoms with Crippen molar-refractivity contribution in [1.82, 2.24) is 4.90 Å². The van der Waals surface area contributed by atoms with E-state index in [-0.39, 0.29) is 30.2 Å². The summed E-state index contributed by atoms with van der Waals surface area (Å²) in [6, 6.07) is 4.10. The molecule has 0 bridgehead atoms. The number of hydrogen-bond acceptors (Lipinski definition) is 3. The Bertz CT molecular complexity index is 589. The molecule has 5 heteroatoms. The van der Waals surface area contributed by atoms with Crippen molar-refractivity contribution >= 4 is 17.5 Å². The van der Waals surface area contributed by atoms with Crippen LogP contribution in [0.5, 0.6) is 0 Å². The van der Waals surface area contributed by atoms with Gasteiger partial charge in [-0.2, -0.15) is 0 Å². The fourth-order valence-corrected chi connectivity index (χ4v) is 3.27. The number of methoxy groups -OCH3 is 1. The molecule has 1 saturated heterocycles. The molecule has 2 amide bonds. The number of rotatable bonds is 5. The highest BCUT2D eigenvalue weighted by Gasteiger charge is 2.36. The molecule has 1 fully saturated rings. The van der Waals surface area contributed by atoms with Crippen molar-refractivity contribution in [3.8, 4) is 0 Å². The lowest BCUT2D eigenvalue weighted by molar-refractivity contribution is -0.130. The van der Waals surface area contributed by atoms with Crippen molar-refractivity contribution in [2.75, 3.05) is 25.6 Å². The van der Waals surface area contributed by atoms with E-state index in [4.69, 9.17) is 4.74 Å². The molecular formula is C18H26N2O3. The number of ether oxygens (including phenoxy) is 1. The number of carbonyl (C=O) groups is 2. The number of aryl methyl sites for hydroxylation is 3. The SMILES string of the molecule is COC[C@H](C)N1C[C@@H](C(=O)Nc2c(C)cc(C)cc2C)CC1=O. The van der Waals surface area contributed by atoms with Crippen molar-refractivity contribution < 1.29 is 14.3 Å². The summed E-state index contributed by atoms with van der Waals surface area (Å²) >= 11 is 0. The van der Waals surface area contributed by atoms with E-state index in [9.17, 15) is 9.59 Å². The second kappa shape index (κ2) is 7.13. The smallest absolute Gasteiger partial charge is 0.229 e. The fraction of sp³-hybridized carbons (Fsp3) is 0.556. The average Bonchev–Trinajstić information content (AvgIpc) is 2.85. The van der Waals surface area contributed by atoms with Crippen LogP contribution < -0.4 is 5.32 Å². The number of carbonyl (C=O) groups excluding carboxylic acids is 2. The molecule has 5 nitrogen and oxygen atoms in total. The van der Waals surface area contributed by atoms with E-state index in [1.165, 1.54) is 5.56 Å². The first-order valence-corrected chi connectivity index (χ1v) is 8.00. The van der Waals surface area contributed by atoms with E-state index in [2.05, 4.69) is 17.4 Å². The quantitative estimate of drug-likeness (QED) is 0.907. The number of benzene rings is 1. The largest absolute Gasteiger partial charge is 0.383 e. The molecule has 1 aromatic carbocycles. The van der Waals surface area contributed by atoms with Gasteiger partial charge in [-0.1, -0.05) is 17.7 Å². The summed E-state index contributed by atoms with van der Waals surface area (Å²) in [7, 11) is 1.62. The lowest BCUT2D eigenvalue weighted by Crippen LogP contribution is -2.38. The van der Waals surface area contributed by atoms with Gasteiger partial charge in [-0.25, -0.2) is 0 Å². The molecule has 1 heterocycles. The van der Waals surface area contributed by atoms with Crippen molar-refractivity contribution in [1.29, 1.82) is 0 Å². The molecular weight excluding hydrogens is 292 g/mol. The van der Waals surface area contributed by atoms with Gasteiger partial charge in [0, 0.05) is 25.8 Å². The lowest BCUT2D eigenvalue weighted by atomic mass is 10.0. The molecule has 2 rings (SSSR count). The molecule has 23 heavy (non-hydrogen) atoms. The van der Waals surface area contributed by atoms with Gasteiger partial charge in [-0.3, -0.25) is 9.59 Å². The second-order valence-corrected chi connectivity index (χ2v) is 6.51. The Morgan fingerprint density at radius 2 is 1.96 bits per heavy atom. The number of nitrogens with one attached hydrogen (secondary N) is 1. The molecule has 1 aromatic rings. The summed E-state index contributed by atoms with van der Waals surface area (Å²) in [5, 5.41) is 3.01. The summed E-state index contributed by atoms with van der Waals surface area (Å²) in [6.07, 6.45) is 0.268. The predicted octanol–water partition coefficient (Wildman–Crippen LogP) is 2.43. The first-order valence-electron chi connectivity index (χ1n) is 8.00. The molecule has 0 saturated carbocycles. The molecule has 0 unspecified atom stereocenters. The molecule has 0 aliphatic carbocycles. The van der Waals surface area contributed by atoms with Crippen molar-refractivity contribution in [3.05, 3.63) is 28.8 Å². The van der Waals surface area contributed by atoms with Gasteiger partial charge in [-0.15, -0.1) is 0 Å². The zero-order valence-electron chi connectivity index (χ0n) is 14.6. The molecule has 0 spiro atoms. The molecule has 2 atom stereocenters. The minimum absolute atomic E-state index is 0.00635. The van der Waals surface area contributed by atoms with E-state index < -0.39 is 0 Å². The van der Waals surface area contributed by atoms with E-state index in [1.807, 2.05) is 27.7 Å². The maximum Gasteiger partial charge on any atom is 0.229 e. The highest BCUT2D eigenvalue weighted by atomic mass is 16.5. The van der Waals surface area contributed by atoms with Gasteiger partial charge >= 0.3 is 0 Å². The fourth-order valence-electron chi connectivity index (χ4n) is 3.27. The van der Waals surface area contributed by atoms with E-state index in [1.54, 1.807) is 12.0 Å². The third kappa shape index (κ3) is 3.91. The first-order chi connectivity index (χ1) is 10.8. The Balaban J connectivity index is 2.07. The maximum absolute atomic E-state index is 12.6. The third-order valence-electron chi connectivity index (χ3n) is 4.39. The normalized spacial score (nSPS) is 19.1. The molecule has 0 radical (unpaired) electrons. The van der Waals surface area contributed by atoms with Crippen molar-refractivity contribution in [2.45, 2.75) is 40.2 Å². The number of likely N-dealkylation sites (tertiary alicyclic amines) is 1. The van der Waals surface area contributed by atoms with Crippen LogP contribution in [0, 0.1) is 26.7 Å². The number of amides is 2. The van der Waals surface area contributed by atoms with Gasteiger partial charge in [0.2, 0.25) is 11.8 Å². The Morgan fingerprint density at radius 3 is 2.52 bits per heavy atom. The standard InChI is InChI=1S/C18H26N2O3/c1-11-6-12(2)17(13(3)7-11)19-18(22)15-8-16(21)20(9-15)14(4)10-23-5/h6-7,14-15H,8-10H2,1-5H3,(H,19,22)/t14-,15-/m0/s1. The van der Waals surface area contributed by atoms with Crippen LogP contribution >= 0.6 is 0 Å². The van der Waals surface area contributed by atoms with Gasteiger partial charge in [0.05, 0.1) is 18.6 Å². The number of nitrogens with zero attached hydrogens (tertiary/aromatic N) is 1. The molecule has 126 valence electrons. The van der Waals surface area contributed by atoms with E-state index >= 15 is 0 Å². The van der Waals surface area contributed by atoms with Gasteiger partial charge in [0.1, 0.15) is 0 Å². The van der Waals surface area contributed by atoms with Crippen LogP contribution in [0.15, 0.2) is 12.1 Å². The predicted molar refractivity (Wildman–Crippen MR) is 90.4 cm³/mol. The van der Waals surface area contributed by atoms with Gasteiger partial charge in [0.15, 0.2) is 0 Å². The summed E-state index contributed by atoms with van der Waals surface area (Å²) in [5.41, 5.74) is 4.12. The monoisotopic (exact) mass is 318 g/mol. The summed E-state index contributed by atoms with van der Waals surface area (Å²) in [5.74, 6) is -0.366. The van der Waals surface area contributed by atoms with Crippen LogP contribution in [-0.2, 0) is 14.3 Å². The first kappa shape index (κ1) is 17.5. The molecule has 1 N–H and O–H groups in total. The summed E-state index contributed by atoms with van der Waals surface area (Å²) in [6.45, 7) is 8.90. The van der Waals surface area contributed by atoms with Crippen LogP contribution in [-0.4, -0.2) is 43.0 Å². The Hall–Kier alpha value is -1.88. The number of anilines is 1. The number of hydrogen-bond donors (Lipinski definition) is 1. The maximum atomic E-state index is 12.6. The molecule has 1 aliphatic heterocycles.